The van der Waals surface area contributed by atoms with Crippen molar-refractivity contribution in [2.24, 2.45) is 0 Å². The predicted molar refractivity (Wildman–Crippen MR) is 83.3 cm³/mol. The lowest BCUT2D eigenvalue weighted by Gasteiger charge is -2.46. The first kappa shape index (κ1) is 14.9. The molecule has 2 fully saturated rings. The Labute approximate surface area is 133 Å². The molecule has 21 heavy (non-hydrogen) atoms. The van der Waals surface area contributed by atoms with E-state index in [4.69, 9.17) is 11.6 Å². The van der Waals surface area contributed by atoms with Gasteiger partial charge in [-0.2, -0.15) is 0 Å². The largest absolute Gasteiger partial charge is 0.329 e. The second-order valence-electron chi connectivity index (χ2n) is 5.64. The second-order valence-corrected chi connectivity index (χ2v) is 7.44. The van der Waals surface area contributed by atoms with Gasteiger partial charge in [-0.05, 0) is 37.8 Å². The normalized spacial score (nSPS) is 26.2. The van der Waals surface area contributed by atoms with Crippen molar-refractivity contribution in [2.75, 3.05) is 6.54 Å². The number of hydrogen-bond donors (Lipinski definition) is 0. The standard InChI is InChI=1S/C15H19ClN2O2S/c1-2-11-14(19)17-8-4-3-5-12(17)15(20)18(11)9-10-6-7-13(16)21-10/h6-7,11-12H,2-5,8-9H2,1H3. The van der Waals surface area contributed by atoms with Crippen LogP contribution in [-0.4, -0.2) is 40.2 Å². The molecule has 114 valence electrons. The summed E-state index contributed by atoms with van der Waals surface area (Å²) in [5, 5.41) is 0. The van der Waals surface area contributed by atoms with Crippen LogP contribution in [-0.2, 0) is 16.1 Å². The molecule has 4 nitrogen and oxygen atoms in total. The fourth-order valence-electron chi connectivity index (χ4n) is 3.31. The molecule has 0 aliphatic carbocycles. The van der Waals surface area contributed by atoms with Gasteiger partial charge in [0.2, 0.25) is 11.8 Å². The molecule has 2 aliphatic heterocycles. The highest BCUT2D eigenvalue weighted by atomic mass is 35.5. The van der Waals surface area contributed by atoms with Crippen LogP contribution in [0.1, 0.15) is 37.5 Å². The summed E-state index contributed by atoms with van der Waals surface area (Å²) < 4.78 is 0.716. The molecule has 2 aliphatic rings. The highest BCUT2D eigenvalue weighted by molar-refractivity contribution is 7.16. The van der Waals surface area contributed by atoms with Gasteiger partial charge in [0.1, 0.15) is 12.1 Å². The molecule has 0 N–H and O–H groups in total. The molecule has 3 rings (SSSR count). The molecule has 0 saturated carbocycles. The molecular weight excluding hydrogens is 308 g/mol. The van der Waals surface area contributed by atoms with Gasteiger partial charge in [0.25, 0.3) is 0 Å². The maximum absolute atomic E-state index is 12.8. The predicted octanol–water partition coefficient (Wildman–Crippen LogP) is 2.90. The first-order valence-corrected chi connectivity index (χ1v) is 8.66. The summed E-state index contributed by atoms with van der Waals surface area (Å²) in [6.45, 7) is 3.18. The third-order valence-corrected chi connectivity index (χ3v) is 5.57. The lowest BCUT2D eigenvalue weighted by molar-refractivity contribution is -0.164. The third-order valence-electron chi connectivity index (χ3n) is 4.36. The Kier molecular flexibility index (Phi) is 4.22. The number of rotatable bonds is 3. The minimum atomic E-state index is -0.326. The van der Waals surface area contributed by atoms with Crippen LogP contribution in [0.4, 0.5) is 0 Å². The van der Waals surface area contributed by atoms with Gasteiger partial charge in [-0.15, -0.1) is 11.3 Å². The van der Waals surface area contributed by atoms with E-state index in [0.717, 1.165) is 30.7 Å². The van der Waals surface area contributed by atoms with Crippen molar-refractivity contribution in [3.8, 4) is 0 Å². The molecule has 1 aromatic rings. The average molecular weight is 327 g/mol. The smallest absolute Gasteiger partial charge is 0.246 e. The summed E-state index contributed by atoms with van der Waals surface area (Å²) in [5.41, 5.74) is 0. The van der Waals surface area contributed by atoms with E-state index in [0.29, 0.717) is 17.3 Å². The van der Waals surface area contributed by atoms with Crippen LogP contribution >= 0.6 is 22.9 Å². The van der Waals surface area contributed by atoms with Crippen molar-refractivity contribution in [3.05, 3.63) is 21.3 Å². The van der Waals surface area contributed by atoms with Crippen molar-refractivity contribution in [1.82, 2.24) is 9.80 Å². The fraction of sp³-hybridized carbons (Fsp3) is 0.600. The Bertz CT molecular complexity index is 560. The van der Waals surface area contributed by atoms with Gasteiger partial charge in [0.05, 0.1) is 10.9 Å². The third kappa shape index (κ3) is 2.69. The number of halogens is 1. The molecule has 3 heterocycles. The summed E-state index contributed by atoms with van der Waals surface area (Å²) in [4.78, 5) is 30.0. The van der Waals surface area contributed by atoms with Gasteiger partial charge < -0.3 is 9.80 Å². The van der Waals surface area contributed by atoms with Gasteiger partial charge in [0, 0.05) is 11.4 Å². The molecule has 2 saturated heterocycles. The summed E-state index contributed by atoms with van der Waals surface area (Å²) in [5.74, 6) is 0.218. The first-order chi connectivity index (χ1) is 10.1. The van der Waals surface area contributed by atoms with Crippen LogP contribution in [0.3, 0.4) is 0 Å². The zero-order valence-electron chi connectivity index (χ0n) is 12.0. The minimum absolute atomic E-state index is 0.102. The lowest BCUT2D eigenvalue weighted by atomic mass is 9.94. The summed E-state index contributed by atoms with van der Waals surface area (Å²) in [6.07, 6.45) is 3.48. The maximum atomic E-state index is 12.8. The monoisotopic (exact) mass is 326 g/mol. The summed E-state index contributed by atoms with van der Waals surface area (Å²) in [7, 11) is 0. The van der Waals surface area contributed by atoms with Crippen LogP contribution in [0.5, 0.6) is 0 Å². The molecule has 0 spiro atoms. The lowest BCUT2D eigenvalue weighted by Crippen LogP contribution is -2.65. The molecule has 6 heteroatoms. The molecule has 0 bridgehead atoms. The van der Waals surface area contributed by atoms with E-state index in [2.05, 4.69) is 0 Å². The maximum Gasteiger partial charge on any atom is 0.246 e. The number of fused-ring (bicyclic) bond motifs is 1. The van der Waals surface area contributed by atoms with Gasteiger partial charge in [0.15, 0.2) is 0 Å². The number of hydrogen-bond acceptors (Lipinski definition) is 3. The zero-order valence-corrected chi connectivity index (χ0v) is 13.6. The Balaban J connectivity index is 1.86. The minimum Gasteiger partial charge on any atom is -0.329 e. The number of piperazine rings is 1. The van der Waals surface area contributed by atoms with E-state index in [1.807, 2.05) is 19.1 Å². The van der Waals surface area contributed by atoms with Crippen molar-refractivity contribution in [2.45, 2.75) is 51.2 Å². The van der Waals surface area contributed by atoms with Gasteiger partial charge in [-0.1, -0.05) is 18.5 Å². The van der Waals surface area contributed by atoms with Gasteiger partial charge >= 0.3 is 0 Å². The van der Waals surface area contributed by atoms with E-state index in [1.54, 1.807) is 9.80 Å². The highest BCUT2D eigenvalue weighted by Gasteiger charge is 2.45. The Morgan fingerprint density at radius 1 is 1.29 bits per heavy atom. The van der Waals surface area contributed by atoms with Crippen LogP contribution < -0.4 is 0 Å². The van der Waals surface area contributed by atoms with Crippen LogP contribution in [0.25, 0.3) is 0 Å². The van der Waals surface area contributed by atoms with Crippen molar-refractivity contribution >= 4 is 34.8 Å². The highest BCUT2D eigenvalue weighted by Crippen LogP contribution is 2.30. The SMILES string of the molecule is CCC1C(=O)N2CCCCC2C(=O)N1Cc1ccc(Cl)s1. The summed E-state index contributed by atoms with van der Waals surface area (Å²) in [6, 6.07) is 3.20. The molecule has 2 unspecified atom stereocenters. The van der Waals surface area contributed by atoms with Crippen molar-refractivity contribution < 1.29 is 9.59 Å². The quantitative estimate of drug-likeness (QED) is 0.857. The fourth-order valence-corrected chi connectivity index (χ4v) is 4.40. The van der Waals surface area contributed by atoms with Gasteiger partial charge in [-0.25, -0.2) is 0 Å². The average Bonchev–Trinajstić information content (AvgIpc) is 2.90. The molecule has 2 atom stereocenters. The topological polar surface area (TPSA) is 40.6 Å². The van der Waals surface area contributed by atoms with E-state index < -0.39 is 0 Å². The molecule has 1 aromatic heterocycles. The van der Waals surface area contributed by atoms with Crippen LogP contribution in [0, 0.1) is 0 Å². The van der Waals surface area contributed by atoms with Crippen molar-refractivity contribution in [3.63, 3.8) is 0 Å². The zero-order chi connectivity index (χ0) is 15.0. The van der Waals surface area contributed by atoms with E-state index in [-0.39, 0.29) is 23.9 Å². The van der Waals surface area contributed by atoms with Crippen molar-refractivity contribution in [1.29, 1.82) is 0 Å². The summed E-state index contributed by atoms with van der Waals surface area (Å²) >= 11 is 7.44. The number of thiophene rings is 1. The molecular formula is C15H19ClN2O2S. The van der Waals surface area contributed by atoms with E-state index in [1.165, 1.54) is 11.3 Å². The van der Waals surface area contributed by atoms with E-state index in [9.17, 15) is 9.59 Å². The number of amides is 2. The Morgan fingerprint density at radius 3 is 2.76 bits per heavy atom. The van der Waals surface area contributed by atoms with Crippen LogP contribution in [0.2, 0.25) is 4.34 Å². The Morgan fingerprint density at radius 2 is 2.10 bits per heavy atom. The van der Waals surface area contributed by atoms with Gasteiger partial charge in [-0.3, -0.25) is 9.59 Å². The Hall–Kier alpha value is -1.07. The number of piperidine rings is 1. The molecule has 0 aromatic carbocycles. The number of carbonyl (C=O) groups excluding carboxylic acids is 2. The number of carbonyl (C=O) groups is 2. The first-order valence-electron chi connectivity index (χ1n) is 7.47. The molecule has 0 radical (unpaired) electrons. The second kappa shape index (κ2) is 5.97. The van der Waals surface area contributed by atoms with E-state index >= 15 is 0 Å². The van der Waals surface area contributed by atoms with Crippen LogP contribution in [0.15, 0.2) is 12.1 Å². The number of nitrogens with zero attached hydrogens (tertiary/aromatic N) is 2. The molecule has 2 amide bonds.